The highest BCUT2D eigenvalue weighted by atomic mass is 16.2. The Kier molecular flexibility index (Phi) is 7.41. The standard InChI is InChI=1S/C17H25N3O3/c1-5-20(6-2)17(23)12-19(4)11-16(22)18-15-9-7-14(8-10-15)13(3)21/h7-10H,5-6,11-12H2,1-4H3,(H,18,22). The molecule has 1 N–H and O–H groups in total. The number of carbonyl (C=O) groups excluding carboxylic acids is 3. The van der Waals surface area contributed by atoms with Crippen molar-refractivity contribution < 1.29 is 14.4 Å². The van der Waals surface area contributed by atoms with Crippen molar-refractivity contribution in [2.24, 2.45) is 0 Å². The maximum absolute atomic E-state index is 12.0. The Bertz CT molecular complexity index is 551. The van der Waals surface area contributed by atoms with Crippen LogP contribution < -0.4 is 5.32 Å². The van der Waals surface area contributed by atoms with Gasteiger partial charge >= 0.3 is 0 Å². The molecule has 0 saturated heterocycles. The summed E-state index contributed by atoms with van der Waals surface area (Å²) in [5.41, 5.74) is 1.23. The molecule has 0 unspecified atom stereocenters. The molecule has 0 aromatic heterocycles. The van der Waals surface area contributed by atoms with Crippen molar-refractivity contribution in [2.45, 2.75) is 20.8 Å². The summed E-state index contributed by atoms with van der Waals surface area (Å²) in [6.07, 6.45) is 0. The maximum atomic E-state index is 12.0. The number of benzene rings is 1. The van der Waals surface area contributed by atoms with Crippen molar-refractivity contribution in [2.75, 3.05) is 38.5 Å². The van der Waals surface area contributed by atoms with Crippen LogP contribution in [0, 0.1) is 0 Å². The van der Waals surface area contributed by atoms with E-state index >= 15 is 0 Å². The van der Waals surface area contributed by atoms with Crippen LogP contribution in [0.1, 0.15) is 31.1 Å². The average Bonchev–Trinajstić information content (AvgIpc) is 2.48. The summed E-state index contributed by atoms with van der Waals surface area (Å²) in [6.45, 7) is 7.02. The van der Waals surface area contributed by atoms with Crippen LogP contribution in [-0.4, -0.2) is 60.6 Å². The van der Waals surface area contributed by atoms with E-state index in [0.29, 0.717) is 24.3 Å². The van der Waals surface area contributed by atoms with Gasteiger partial charge in [-0.05, 0) is 52.1 Å². The van der Waals surface area contributed by atoms with Crippen LogP contribution in [0.2, 0.25) is 0 Å². The van der Waals surface area contributed by atoms with Gasteiger partial charge in [0.15, 0.2) is 5.78 Å². The molecular weight excluding hydrogens is 294 g/mol. The van der Waals surface area contributed by atoms with Gasteiger partial charge in [-0.3, -0.25) is 19.3 Å². The van der Waals surface area contributed by atoms with Crippen LogP contribution in [-0.2, 0) is 9.59 Å². The Morgan fingerprint density at radius 1 is 1.00 bits per heavy atom. The minimum atomic E-state index is -0.199. The summed E-state index contributed by atoms with van der Waals surface area (Å²) in [7, 11) is 1.74. The molecule has 6 heteroatoms. The zero-order valence-corrected chi connectivity index (χ0v) is 14.3. The SMILES string of the molecule is CCN(CC)C(=O)CN(C)CC(=O)Nc1ccc(C(C)=O)cc1. The highest BCUT2D eigenvalue weighted by molar-refractivity contribution is 5.96. The summed E-state index contributed by atoms with van der Waals surface area (Å²) in [4.78, 5) is 38.6. The topological polar surface area (TPSA) is 69.7 Å². The van der Waals surface area contributed by atoms with E-state index in [-0.39, 0.29) is 30.7 Å². The molecular formula is C17H25N3O3. The highest BCUT2D eigenvalue weighted by Crippen LogP contribution is 2.10. The molecule has 0 heterocycles. The van der Waals surface area contributed by atoms with Crippen molar-refractivity contribution in [3.05, 3.63) is 29.8 Å². The lowest BCUT2D eigenvalue weighted by atomic mass is 10.1. The Morgan fingerprint density at radius 3 is 2.04 bits per heavy atom. The van der Waals surface area contributed by atoms with Crippen LogP contribution >= 0.6 is 0 Å². The quantitative estimate of drug-likeness (QED) is 0.739. The first kappa shape index (κ1) is 18.8. The number of carbonyl (C=O) groups is 3. The average molecular weight is 319 g/mol. The summed E-state index contributed by atoms with van der Waals surface area (Å²) < 4.78 is 0. The normalized spacial score (nSPS) is 10.5. The van der Waals surface area contributed by atoms with Gasteiger partial charge < -0.3 is 10.2 Å². The fraction of sp³-hybridized carbons (Fsp3) is 0.471. The first-order valence-corrected chi connectivity index (χ1v) is 7.74. The Morgan fingerprint density at radius 2 is 1.57 bits per heavy atom. The van der Waals surface area contributed by atoms with Crippen molar-refractivity contribution in [1.29, 1.82) is 0 Å². The summed E-state index contributed by atoms with van der Waals surface area (Å²) in [6, 6.07) is 6.72. The fourth-order valence-electron chi connectivity index (χ4n) is 2.20. The third-order valence-corrected chi connectivity index (χ3v) is 3.51. The van der Waals surface area contributed by atoms with Crippen molar-refractivity contribution in [1.82, 2.24) is 9.80 Å². The van der Waals surface area contributed by atoms with E-state index in [2.05, 4.69) is 5.32 Å². The van der Waals surface area contributed by atoms with Crippen LogP contribution in [0.3, 0.4) is 0 Å². The lowest BCUT2D eigenvalue weighted by Crippen LogP contribution is -2.41. The molecule has 0 radical (unpaired) electrons. The predicted octanol–water partition coefficient (Wildman–Crippen LogP) is 1.63. The summed E-state index contributed by atoms with van der Waals surface area (Å²) in [5.74, 6) is -0.205. The number of Topliss-reactive ketones (excluding diaryl/α,β-unsaturated/α-hetero) is 1. The van der Waals surface area contributed by atoms with E-state index in [1.165, 1.54) is 6.92 Å². The third-order valence-electron chi connectivity index (χ3n) is 3.51. The molecule has 0 aliphatic rings. The van der Waals surface area contributed by atoms with Gasteiger partial charge in [0, 0.05) is 24.3 Å². The molecule has 1 aromatic carbocycles. The maximum Gasteiger partial charge on any atom is 0.238 e. The van der Waals surface area contributed by atoms with Gasteiger partial charge in [-0.1, -0.05) is 0 Å². The van der Waals surface area contributed by atoms with Gasteiger partial charge in [-0.2, -0.15) is 0 Å². The molecule has 0 aliphatic heterocycles. The number of hydrogen-bond donors (Lipinski definition) is 1. The van der Waals surface area contributed by atoms with E-state index in [0.717, 1.165) is 0 Å². The van der Waals surface area contributed by atoms with Gasteiger partial charge in [0.05, 0.1) is 13.1 Å². The van der Waals surface area contributed by atoms with Gasteiger partial charge in [-0.25, -0.2) is 0 Å². The lowest BCUT2D eigenvalue weighted by Gasteiger charge is -2.22. The molecule has 23 heavy (non-hydrogen) atoms. The molecule has 0 atom stereocenters. The number of anilines is 1. The first-order chi connectivity index (χ1) is 10.9. The molecule has 0 spiro atoms. The second-order valence-corrected chi connectivity index (χ2v) is 5.42. The monoisotopic (exact) mass is 319 g/mol. The molecule has 0 bridgehead atoms. The second kappa shape index (κ2) is 9.05. The number of rotatable bonds is 8. The molecule has 0 fully saturated rings. The highest BCUT2D eigenvalue weighted by Gasteiger charge is 2.14. The van der Waals surface area contributed by atoms with Gasteiger partial charge in [0.1, 0.15) is 0 Å². The smallest absolute Gasteiger partial charge is 0.238 e. The summed E-state index contributed by atoms with van der Waals surface area (Å²) in [5, 5.41) is 2.75. The van der Waals surface area contributed by atoms with E-state index in [4.69, 9.17) is 0 Å². The largest absolute Gasteiger partial charge is 0.342 e. The van der Waals surface area contributed by atoms with E-state index in [1.807, 2.05) is 13.8 Å². The Balaban J connectivity index is 2.49. The number of likely N-dealkylation sites (N-methyl/N-ethyl adjacent to an activating group) is 2. The predicted molar refractivity (Wildman–Crippen MR) is 90.5 cm³/mol. The van der Waals surface area contributed by atoms with Crippen LogP contribution in [0.25, 0.3) is 0 Å². The molecule has 126 valence electrons. The van der Waals surface area contributed by atoms with E-state index in [1.54, 1.807) is 41.1 Å². The second-order valence-electron chi connectivity index (χ2n) is 5.42. The van der Waals surface area contributed by atoms with Gasteiger partial charge in [0.2, 0.25) is 11.8 Å². The zero-order chi connectivity index (χ0) is 17.4. The number of hydrogen-bond acceptors (Lipinski definition) is 4. The van der Waals surface area contributed by atoms with Gasteiger partial charge in [0.25, 0.3) is 0 Å². The number of ketones is 1. The molecule has 0 saturated carbocycles. The molecule has 1 rings (SSSR count). The number of nitrogens with zero attached hydrogens (tertiary/aromatic N) is 2. The zero-order valence-electron chi connectivity index (χ0n) is 14.3. The molecule has 2 amide bonds. The van der Waals surface area contributed by atoms with E-state index < -0.39 is 0 Å². The molecule has 1 aromatic rings. The van der Waals surface area contributed by atoms with Crippen LogP contribution in [0.4, 0.5) is 5.69 Å². The number of amides is 2. The Labute approximate surface area is 137 Å². The third kappa shape index (κ3) is 6.20. The van der Waals surface area contributed by atoms with Gasteiger partial charge in [-0.15, -0.1) is 0 Å². The minimum Gasteiger partial charge on any atom is -0.342 e. The Hall–Kier alpha value is -2.21. The fourth-order valence-corrected chi connectivity index (χ4v) is 2.20. The van der Waals surface area contributed by atoms with Crippen molar-refractivity contribution >= 4 is 23.3 Å². The number of nitrogens with one attached hydrogen (secondary N) is 1. The minimum absolute atomic E-state index is 0.0103. The summed E-state index contributed by atoms with van der Waals surface area (Å²) >= 11 is 0. The lowest BCUT2D eigenvalue weighted by molar-refractivity contribution is -0.132. The molecule has 0 aliphatic carbocycles. The van der Waals surface area contributed by atoms with Crippen LogP contribution in [0.15, 0.2) is 24.3 Å². The van der Waals surface area contributed by atoms with Crippen molar-refractivity contribution in [3.8, 4) is 0 Å². The molecule has 6 nitrogen and oxygen atoms in total. The van der Waals surface area contributed by atoms with Crippen molar-refractivity contribution in [3.63, 3.8) is 0 Å². The van der Waals surface area contributed by atoms with Crippen LogP contribution in [0.5, 0.6) is 0 Å². The first-order valence-electron chi connectivity index (χ1n) is 7.74. The van der Waals surface area contributed by atoms with E-state index in [9.17, 15) is 14.4 Å².